The smallest absolute Gasteiger partial charge is 0.226 e. The summed E-state index contributed by atoms with van der Waals surface area (Å²) >= 11 is 1.59. The molecule has 3 rings (SSSR count). The predicted molar refractivity (Wildman–Crippen MR) is 106 cm³/mol. The molecule has 0 bridgehead atoms. The number of rotatable bonds is 7. The number of thiophene rings is 1. The molecule has 1 amide bonds. The van der Waals surface area contributed by atoms with Crippen LogP contribution in [0.5, 0.6) is 0 Å². The Morgan fingerprint density at radius 3 is 2.77 bits per heavy atom. The first kappa shape index (κ1) is 18.6. The Bertz CT molecular complexity index is 792. The van der Waals surface area contributed by atoms with Crippen molar-refractivity contribution < 1.29 is 4.79 Å². The van der Waals surface area contributed by atoms with E-state index in [9.17, 15) is 10.1 Å². The van der Waals surface area contributed by atoms with Crippen molar-refractivity contribution in [3.63, 3.8) is 0 Å². The average molecular weight is 368 g/mol. The standard InChI is InChI=1S/C21H25N3OS/c1-2-24(15-16-8-4-3-5-9-16)13-12-20(25)23-21-18(14-22)17-10-6-7-11-19(17)26-21/h3-5,8-9H,2,6-7,10-13,15H2,1H3,(H,23,25). The average Bonchev–Trinajstić information content (AvgIpc) is 3.02. The summed E-state index contributed by atoms with van der Waals surface area (Å²) in [5, 5.41) is 13.2. The van der Waals surface area contributed by atoms with Gasteiger partial charge in [-0.1, -0.05) is 37.3 Å². The minimum absolute atomic E-state index is 0.00777. The lowest BCUT2D eigenvalue weighted by molar-refractivity contribution is -0.116. The topological polar surface area (TPSA) is 56.1 Å². The van der Waals surface area contributed by atoms with Gasteiger partial charge in [-0.15, -0.1) is 11.3 Å². The second-order valence-electron chi connectivity index (χ2n) is 6.68. The van der Waals surface area contributed by atoms with Crippen LogP contribution in [-0.2, 0) is 24.2 Å². The molecule has 2 aromatic rings. The number of carbonyl (C=O) groups is 1. The molecule has 1 N–H and O–H groups in total. The summed E-state index contributed by atoms with van der Waals surface area (Å²) in [4.78, 5) is 16.0. The van der Waals surface area contributed by atoms with Crippen molar-refractivity contribution in [3.8, 4) is 6.07 Å². The monoisotopic (exact) mass is 367 g/mol. The van der Waals surface area contributed by atoms with Gasteiger partial charge >= 0.3 is 0 Å². The Hall–Kier alpha value is -2.16. The first-order valence-corrected chi connectivity index (χ1v) is 10.1. The van der Waals surface area contributed by atoms with Crippen LogP contribution in [0.3, 0.4) is 0 Å². The maximum atomic E-state index is 12.4. The number of nitrogens with zero attached hydrogens (tertiary/aromatic N) is 2. The highest BCUT2D eigenvalue weighted by atomic mass is 32.1. The van der Waals surface area contributed by atoms with Crippen LogP contribution in [0.2, 0.25) is 0 Å². The van der Waals surface area contributed by atoms with Gasteiger partial charge in [-0.25, -0.2) is 0 Å². The fraction of sp³-hybridized carbons (Fsp3) is 0.429. The van der Waals surface area contributed by atoms with E-state index in [2.05, 4.69) is 35.3 Å². The minimum Gasteiger partial charge on any atom is -0.317 e. The van der Waals surface area contributed by atoms with Crippen molar-refractivity contribution in [3.05, 3.63) is 51.9 Å². The third kappa shape index (κ3) is 4.51. The van der Waals surface area contributed by atoms with E-state index in [1.54, 1.807) is 11.3 Å². The van der Waals surface area contributed by atoms with Crippen LogP contribution in [-0.4, -0.2) is 23.9 Å². The molecular weight excluding hydrogens is 342 g/mol. The Labute approximate surface area is 159 Å². The van der Waals surface area contributed by atoms with Crippen LogP contribution in [0.25, 0.3) is 0 Å². The van der Waals surface area contributed by atoms with Gasteiger partial charge in [0.15, 0.2) is 0 Å². The third-order valence-corrected chi connectivity index (χ3v) is 6.09. The normalized spacial score (nSPS) is 13.3. The molecule has 5 heteroatoms. The van der Waals surface area contributed by atoms with E-state index in [0.717, 1.165) is 37.4 Å². The van der Waals surface area contributed by atoms with E-state index in [1.165, 1.54) is 22.4 Å². The molecule has 0 radical (unpaired) electrons. The van der Waals surface area contributed by atoms with E-state index in [4.69, 9.17) is 0 Å². The van der Waals surface area contributed by atoms with Crippen LogP contribution in [0.4, 0.5) is 5.00 Å². The van der Waals surface area contributed by atoms with Crippen molar-refractivity contribution in [2.24, 2.45) is 0 Å². The number of benzene rings is 1. The van der Waals surface area contributed by atoms with Crippen molar-refractivity contribution >= 4 is 22.2 Å². The molecule has 0 spiro atoms. The lowest BCUT2D eigenvalue weighted by Crippen LogP contribution is -2.27. The molecule has 1 aromatic carbocycles. The third-order valence-electron chi connectivity index (χ3n) is 4.89. The number of nitrogens with one attached hydrogen (secondary N) is 1. The van der Waals surface area contributed by atoms with Gasteiger partial charge in [0.25, 0.3) is 0 Å². The zero-order chi connectivity index (χ0) is 18.4. The van der Waals surface area contributed by atoms with Gasteiger partial charge in [0.2, 0.25) is 5.91 Å². The molecule has 26 heavy (non-hydrogen) atoms. The Balaban J connectivity index is 1.57. The van der Waals surface area contributed by atoms with Gasteiger partial charge in [0.05, 0.1) is 5.56 Å². The molecule has 0 saturated heterocycles. The van der Waals surface area contributed by atoms with E-state index in [1.807, 2.05) is 18.2 Å². The zero-order valence-corrected chi connectivity index (χ0v) is 16.1. The summed E-state index contributed by atoms with van der Waals surface area (Å²) < 4.78 is 0. The SMILES string of the molecule is CCN(CCC(=O)Nc1sc2c(c1C#N)CCCC2)Cc1ccccc1. The molecule has 0 fully saturated rings. The molecule has 136 valence electrons. The first-order chi connectivity index (χ1) is 12.7. The number of aryl methyl sites for hydroxylation is 1. The van der Waals surface area contributed by atoms with Gasteiger partial charge in [-0.05, 0) is 43.4 Å². The lowest BCUT2D eigenvalue weighted by atomic mass is 9.96. The fourth-order valence-electron chi connectivity index (χ4n) is 3.41. The number of amides is 1. The largest absolute Gasteiger partial charge is 0.317 e. The molecule has 0 unspecified atom stereocenters. The van der Waals surface area contributed by atoms with E-state index < -0.39 is 0 Å². The molecule has 0 atom stereocenters. The molecule has 4 nitrogen and oxygen atoms in total. The Morgan fingerprint density at radius 2 is 2.04 bits per heavy atom. The molecule has 0 saturated carbocycles. The molecule has 1 aliphatic rings. The number of hydrogen-bond acceptors (Lipinski definition) is 4. The van der Waals surface area contributed by atoms with Crippen LogP contribution in [0.1, 0.15) is 47.8 Å². The predicted octanol–water partition coefficient (Wildman–Crippen LogP) is 4.35. The molecule has 1 aromatic heterocycles. The summed E-state index contributed by atoms with van der Waals surface area (Å²) in [7, 11) is 0. The first-order valence-electron chi connectivity index (χ1n) is 9.32. The minimum atomic E-state index is -0.00777. The summed E-state index contributed by atoms with van der Waals surface area (Å²) in [5.41, 5.74) is 3.11. The van der Waals surface area contributed by atoms with Gasteiger partial charge in [-0.2, -0.15) is 5.26 Å². The van der Waals surface area contributed by atoms with Crippen LogP contribution in [0, 0.1) is 11.3 Å². The summed E-state index contributed by atoms with van der Waals surface area (Å²) in [6.07, 6.45) is 4.75. The summed E-state index contributed by atoms with van der Waals surface area (Å²) in [5.74, 6) is -0.00777. The van der Waals surface area contributed by atoms with Crippen LogP contribution in [0.15, 0.2) is 30.3 Å². The Kier molecular flexibility index (Phi) is 6.43. The second-order valence-corrected chi connectivity index (χ2v) is 7.78. The van der Waals surface area contributed by atoms with Gasteiger partial charge in [0.1, 0.15) is 11.1 Å². The number of anilines is 1. The van der Waals surface area contributed by atoms with Crippen molar-refractivity contribution in [1.29, 1.82) is 5.26 Å². The van der Waals surface area contributed by atoms with E-state index in [-0.39, 0.29) is 5.91 Å². The van der Waals surface area contributed by atoms with Crippen molar-refractivity contribution in [2.45, 2.75) is 45.6 Å². The highest BCUT2D eigenvalue weighted by Gasteiger charge is 2.21. The zero-order valence-electron chi connectivity index (χ0n) is 15.3. The molecule has 0 aliphatic heterocycles. The second kappa shape index (κ2) is 8.98. The molecular formula is C21H25N3OS. The van der Waals surface area contributed by atoms with Crippen LogP contribution >= 0.6 is 11.3 Å². The number of fused-ring (bicyclic) bond motifs is 1. The maximum Gasteiger partial charge on any atom is 0.226 e. The van der Waals surface area contributed by atoms with Crippen molar-refractivity contribution in [2.75, 3.05) is 18.4 Å². The highest BCUT2D eigenvalue weighted by molar-refractivity contribution is 7.16. The number of hydrogen-bond donors (Lipinski definition) is 1. The molecule has 1 aliphatic carbocycles. The maximum absolute atomic E-state index is 12.4. The van der Waals surface area contributed by atoms with Gasteiger partial charge in [-0.3, -0.25) is 9.69 Å². The van der Waals surface area contributed by atoms with Gasteiger partial charge < -0.3 is 5.32 Å². The highest BCUT2D eigenvalue weighted by Crippen LogP contribution is 2.37. The van der Waals surface area contributed by atoms with Crippen molar-refractivity contribution in [1.82, 2.24) is 4.90 Å². The molecule has 1 heterocycles. The summed E-state index contributed by atoms with van der Waals surface area (Å²) in [6, 6.07) is 12.6. The number of nitriles is 1. The van der Waals surface area contributed by atoms with E-state index >= 15 is 0 Å². The Morgan fingerprint density at radius 1 is 1.27 bits per heavy atom. The lowest BCUT2D eigenvalue weighted by Gasteiger charge is -2.20. The quantitative estimate of drug-likeness (QED) is 0.791. The van der Waals surface area contributed by atoms with Crippen LogP contribution < -0.4 is 5.32 Å². The van der Waals surface area contributed by atoms with Gasteiger partial charge in [0, 0.05) is 24.4 Å². The fourth-order valence-corrected chi connectivity index (χ4v) is 4.67. The van der Waals surface area contributed by atoms with E-state index in [0.29, 0.717) is 18.5 Å². The summed E-state index contributed by atoms with van der Waals surface area (Å²) in [6.45, 7) is 4.58. The number of carbonyl (C=O) groups excluding carboxylic acids is 1.